The smallest absolute Gasteiger partial charge is 0.345 e. The summed E-state index contributed by atoms with van der Waals surface area (Å²) in [5.74, 6) is -1.59. The molecule has 2 N–H and O–H groups in total. The van der Waals surface area contributed by atoms with Gasteiger partial charge in [-0.15, -0.1) is 11.3 Å². The molecule has 0 radical (unpaired) electrons. The minimum absolute atomic E-state index is 0.0747. The number of hydrogen-bond acceptors (Lipinski definition) is 5. The lowest BCUT2D eigenvalue weighted by Gasteiger charge is -2.10. The number of carbonyl (C=O) groups is 2. The summed E-state index contributed by atoms with van der Waals surface area (Å²) in [4.78, 5) is 22.9. The van der Waals surface area contributed by atoms with Crippen molar-refractivity contribution in [1.29, 1.82) is 0 Å². The normalized spacial score (nSPS) is 11.2. The van der Waals surface area contributed by atoms with Gasteiger partial charge in [0.1, 0.15) is 4.88 Å². The number of carboxylic acid groups (broad SMARTS) is 1. The molecule has 0 saturated carbocycles. The van der Waals surface area contributed by atoms with Gasteiger partial charge in [-0.25, -0.2) is 17.9 Å². The summed E-state index contributed by atoms with van der Waals surface area (Å²) in [7, 11) is -0.845. The summed E-state index contributed by atoms with van der Waals surface area (Å²) in [5.41, 5.74) is 0. The van der Waals surface area contributed by atoms with Gasteiger partial charge in [-0.3, -0.25) is 4.79 Å². The van der Waals surface area contributed by atoms with Crippen LogP contribution in [0.25, 0.3) is 0 Å². The highest BCUT2D eigenvalue weighted by Crippen LogP contribution is 2.18. The topological polar surface area (TPSA) is 104 Å². The lowest BCUT2D eigenvalue weighted by molar-refractivity contribution is -0.127. The molecular weight excluding hydrogens is 280 g/mol. The Labute approximate surface area is 108 Å². The fourth-order valence-corrected chi connectivity index (χ4v) is 3.06. The van der Waals surface area contributed by atoms with Gasteiger partial charge in [0, 0.05) is 19.5 Å². The molecule has 1 aromatic heterocycles. The fraction of sp³-hybridized carbons (Fsp3) is 0.333. The van der Waals surface area contributed by atoms with Gasteiger partial charge in [-0.2, -0.15) is 0 Å². The van der Waals surface area contributed by atoms with E-state index >= 15 is 0 Å². The molecule has 0 aliphatic heterocycles. The third kappa shape index (κ3) is 3.52. The average molecular weight is 292 g/mol. The molecule has 0 aromatic carbocycles. The van der Waals surface area contributed by atoms with Crippen molar-refractivity contribution in [2.75, 3.05) is 20.6 Å². The summed E-state index contributed by atoms with van der Waals surface area (Å²) in [5, 5.41) is 9.90. The molecule has 1 rings (SSSR count). The van der Waals surface area contributed by atoms with E-state index in [9.17, 15) is 18.0 Å². The zero-order valence-corrected chi connectivity index (χ0v) is 11.3. The molecule has 0 unspecified atom stereocenters. The molecule has 1 amide bonds. The van der Waals surface area contributed by atoms with E-state index in [-0.39, 0.29) is 16.3 Å². The van der Waals surface area contributed by atoms with Crippen LogP contribution in [0.3, 0.4) is 0 Å². The van der Waals surface area contributed by atoms with Crippen molar-refractivity contribution in [2.24, 2.45) is 0 Å². The highest BCUT2D eigenvalue weighted by Gasteiger charge is 2.19. The zero-order chi connectivity index (χ0) is 13.9. The second-order valence-corrected chi connectivity index (χ2v) is 6.24. The first-order chi connectivity index (χ1) is 8.24. The Hall–Kier alpha value is -1.45. The summed E-state index contributed by atoms with van der Waals surface area (Å²) in [6.45, 7) is -0.367. The standard InChI is InChI=1S/C9H12N2O5S2/c1-11(2)8(12)4-10-18(15,16)6-3-7(9(13)14)17-5-6/h3,5,10H,4H2,1-2H3,(H,13,14). The highest BCUT2D eigenvalue weighted by molar-refractivity contribution is 7.89. The van der Waals surface area contributed by atoms with E-state index in [0.29, 0.717) is 0 Å². The molecule has 1 heterocycles. The molecule has 0 aliphatic rings. The molecule has 1 aromatic rings. The van der Waals surface area contributed by atoms with Crippen molar-refractivity contribution in [3.05, 3.63) is 16.3 Å². The number of likely N-dealkylation sites (N-methyl/N-ethyl adjacent to an activating group) is 1. The lowest BCUT2D eigenvalue weighted by atomic mass is 10.5. The Balaban J connectivity index is 2.80. The molecule has 0 bridgehead atoms. The van der Waals surface area contributed by atoms with Gasteiger partial charge in [0.15, 0.2) is 0 Å². The second kappa shape index (κ2) is 5.46. The largest absolute Gasteiger partial charge is 0.477 e. The predicted octanol–water partition coefficient (Wildman–Crippen LogP) is -0.187. The zero-order valence-electron chi connectivity index (χ0n) is 9.71. The van der Waals surface area contributed by atoms with Crippen LogP contribution in [0.2, 0.25) is 0 Å². The van der Waals surface area contributed by atoms with Gasteiger partial charge in [-0.05, 0) is 6.07 Å². The third-order valence-corrected chi connectivity index (χ3v) is 4.46. The van der Waals surface area contributed by atoms with Crippen LogP contribution in [0.15, 0.2) is 16.3 Å². The number of nitrogens with zero attached hydrogens (tertiary/aromatic N) is 1. The fourth-order valence-electron chi connectivity index (χ4n) is 0.970. The number of hydrogen-bond donors (Lipinski definition) is 2. The number of nitrogens with one attached hydrogen (secondary N) is 1. The Kier molecular flexibility index (Phi) is 4.43. The maximum atomic E-state index is 11.7. The van der Waals surface area contributed by atoms with Gasteiger partial charge in [-0.1, -0.05) is 0 Å². The van der Waals surface area contributed by atoms with Gasteiger partial charge in [0.2, 0.25) is 15.9 Å². The molecule has 0 fully saturated rings. The van der Waals surface area contributed by atoms with Crippen molar-refractivity contribution in [3.63, 3.8) is 0 Å². The van der Waals surface area contributed by atoms with Gasteiger partial charge < -0.3 is 10.0 Å². The summed E-state index contributed by atoms with van der Waals surface area (Å²) < 4.78 is 25.6. The van der Waals surface area contributed by atoms with Crippen molar-refractivity contribution < 1.29 is 23.1 Å². The molecule has 0 spiro atoms. The molecular formula is C9H12N2O5S2. The van der Waals surface area contributed by atoms with Gasteiger partial charge in [0.25, 0.3) is 0 Å². The van der Waals surface area contributed by atoms with Crippen molar-refractivity contribution in [3.8, 4) is 0 Å². The predicted molar refractivity (Wildman–Crippen MR) is 65.2 cm³/mol. The van der Waals surface area contributed by atoms with Crippen molar-refractivity contribution in [1.82, 2.24) is 9.62 Å². The number of thiophene rings is 1. The van der Waals surface area contributed by atoms with Crippen LogP contribution in [0.1, 0.15) is 9.67 Å². The van der Waals surface area contributed by atoms with Crippen LogP contribution >= 0.6 is 11.3 Å². The highest BCUT2D eigenvalue weighted by atomic mass is 32.2. The number of amides is 1. The molecule has 0 aliphatic carbocycles. The van der Waals surface area contributed by atoms with Crippen LogP contribution in [-0.4, -0.2) is 50.9 Å². The molecule has 100 valence electrons. The molecule has 0 atom stereocenters. The van der Waals surface area contributed by atoms with E-state index in [2.05, 4.69) is 4.72 Å². The molecule has 0 saturated heterocycles. The first-order valence-electron chi connectivity index (χ1n) is 4.75. The average Bonchev–Trinajstić information content (AvgIpc) is 2.75. The molecule has 18 heavy (non-hydrogen) atoms. The maximum Gasteiger partial charge on any atom is 0.345 e. The van der Waals surface area contributed by atoms with Gasteiger partial charge >= 0.3 is 5.97 Å². The summed E-state index contributed by atoms with van der Waals surface area (Å²) in [6.07, 6.45) is 0. The molecule has 9 heteroatoms. The van der Waals surface area contributed by atoms with Crippen LogP contribution in [0.5, 0.6) is 0 Å². The SMILES string of the molecule is CN(C)C(=O)CNS(=O)(=O)c1csc(C(=O)O)c1. The van der Waals surface area contributed by atoms with Crippen LogP contribution < -0.4 is 4.72 Å². The van der Waals surface area contributed by atoms with E-state index in [0.717, 1.165) is 17.4 Å². The number of aromatic carboxylic acids is 1. The van der Waals surface area contributed by atoms with E-state index in [1.165, 1.54) is 24.4 Å². The Morgan fingerprint density at radius 2 is 2.06 bits per heavy atom. The van der Waals surface area contributed by atoms with Crippen LogP contribution in [-0.2, 0) is 14.8 Å². The van der Waals surface area contributed by atoms with E-state index in [1.54, 1.807) is 0 Å². The summed E-state index contributed by atoms with van der Waals surface area (Å²) in [6, 6.07) is 1.05. The Morgan fingerprint density at radius 3 is 2.50 bits per heavy atom. The monoisotopic (exact) mass is 292 g/mol. The number of carboxylic acids is 1. The third-order valence-electron chi connectivity index (χ3n) is 2.01. The Morgan fingerprint density at radius 1 is 1.44 bits per heavy atom. The molecule has 7 nitrogen and oxygen atoms in total. The quantitative estimate of drug-likeness (QED) is 0.783. The van der Waals surface area contributed by atoms with E-state index < -0.39 is 21.9 Å². The lowest BCUT2D eigenvalue weighted by Crippen LogP contribution is -2.36. The Bertz CT molecular complexity index is 561. The van der Waals surface area contributed by atoms with E-state index in [4.69, 9.17) is 5.11 Å². The van der Waals surface area contributed by atoms with Crippen LogP contribution in [0, 0.1) is 0 Å². The maximum absolute atomic E-state index is 11.7. The van der Waals surface area contributed by atoms with Gasteiger partial charge in [0.05, 0.1) is 11.4 Å². The second-order valence-electron chi connectivity index (χ2n) is 3.56. The number of carbonyl (C=O) groups excluding carboxylic acids is 1. The number of sulfonamides is 1. The first kappa shape index (κ1) is 14.6. The van der Waals surface area contributed by atoms with E-state index in [1.807, 2.05) is 0 Å². The summed E-state index contributed by atoms with van der Waals surface area (Å²) >= 11 is 0.811. The number of rotatable bonds is 5. The first-order valence-corrected chi connectivity index (χ1v) is 7.12. The minimum Gasteiger partial charge on any atom is -0.477 e. The van der Waals surface area contributed by atoms with Crippen molar-refractivity contribution in [2.45, 2.75) is 4.90 Å². The van der Waals surface area contributed by atoms with Crippen LogP contribution in [0.4, 0.5) is 0 Å². The minimum atomic E-state index is -3.85. The van der Waals surface area contributed by atoms with Crippen molar-refractivity contribution >= 4 is 33.2 Å².